The molecule has 1 amide bonds. The number of amides is 1. The van der Waals surface area contributed by atoms with E-state index in [2.05, 4.69) is 32.6 Å². The highest BCUT2D eigenvalue weighted by atomic mass is 16.1. The van der Waals surface area contributed by atoms with Gasteiger partial charge in [-0.25, -0.2) is 9.50 Å². The second-order valence-corrected chi connectivity index (χ2v) is 6.76. The first-order valence-corrected chi connectivity index (χ1v) is 9.31. The highest BCUT2D eigenvalue weighted by Gasteiger charge is 2.19. The second-order valence-electron chi connectivity index (χ2n) is 6.76. The van der Waals surface area contributed by atoms with E-state index in [-0.39, 0.29) is 11.9 Å². The van der Waals surface area contributed by atoms with Crippen LogP contribution in [0.5, 0.6) is 0 Å². The van der Waals surface area contributed by atoms with Crippen LogP contribution in [0.15, 0.2) is 55.0 Å². The maximum absolute atomic E-state index is 12.9. The Morgan fingerprint density at radius 3 is 2.64 bits per heavy atom. The molecule has 3 aromatic heterocycles. The van der Waals surface area contributed by atoms with Crippen LogP contribution in [0.2, 0.25) is 0 Å². The van der Waals surface area contributed by atoms with Gasteiger partial charge in [-0.15, -0.1) is 0 Å². The number of nitrogens with one attached hydrogen (secondary N) is 1. The zero-order valence-corrected chi connectivity index (χ0v) is 16.1. The fraction of sp³-hybridized carbons (Fsp3) is 0.238. The number of benzene rings is 1. The van der Waals surface area contributed by atoms with Crippen molar-refractivity contribution >= 4 is 11.6 Å². The summed E-state index contributed by atoms with van der Waals surface area (Å²) in [7, 11) is 0. The van der Waals surface area contributed by atoms with Gasteiger partial charge in [-0.2, -0.15) is 10.2 Å². The number of rotatable bonds is 5. The average Bonchev–Trinajstić information content (AvgIpc) is 3.35. The monoisotopic (exact) mass is 374 g/mol. The van der Waals surface area contributed by atoms with Crippen LogP contribution < -0.4 is 5.32 Å². The van der Waals surface area contributed by atoms with Gasteiger partial charge in [0, 0.05) is 24.5 Å². The van der Waals surface area contributed by atoms with E-state index in [4.69, 9.17) is 0 Å². The molecule has 0 aliphatic rings. The molecule has 1 unspecified atom stereocenters. The van der Waals surface area contributed by atoms with Crippen LogP contribution in [0.25, 0.3) is 16.9 Å². The van der Waals surface area contributed by atoms with E-state index in [0.717, 1.165) is 23.5 Å². The molecule has 0 aliphatic heterocycles. The molecule has 7 nitrogen and oxygen atoms in total. The van der Waals surface area contributed by atoms with Crippen LogP contribution in [-0.4, -0.2) is 30.3 Å². The fourth-order valence-corrected chi connectivity index (χ4v) is 3.32. The number of aromatic nitrogens is 5. The quantitative estimate of drug-likeness (QED) is 0.581. The summed E-state index contributed by atoms with van der Waals surface area (Å²) in [5.41, 5.74) is 5.04. The molecule has 0 saturated heterocycles. The largest absolute Gasteiger partial charge is 0.344 e. The van der Waals surface area contributed by atoms with Crippen molar-refractivity contribution in [3.05, 3.63) is 71.8 Å². The molecule has 142 valence electrons. The first kappa shape index (κ1) is 17.9. The molecule has 7 heteroatoms. The van der Waals surface area contributed by atoms with Crippen LogP contribution >= 0.6 is 0 Å². The lowest BCUT2D eigenvalue weighted by Crippen LogP contribution is -2.28. The van der Waals surface area contributed by atoms with Crippen molar-refractivity contribution in [2.45, 2.75) is 33.4 Å². The predicted molar refractivity (Wildman–Crippen MR) is 107 cm³/mol. The minimum absolute atomic E-state index is 0.176. The molecule has 3 heterocycles. The van der Waals surface area contributed by atoms with Gasteiger partial charge in [0.15, 0.2) is 5.65 Å². The van der Waals surface area contributed by atoms with Gasteiger partial charge in [0.1, 0.15) is 5.56 Å². The summed E-state index contributed by atoms with van der Waals surface area (Å²) >= 11 is 0. The van der Waals surface area contributed by atoms with Gasteiger partial charge < -0.3 is 5.32 Å². The first-order valence-electron chi connectivity index (χ1n) is 9.31. The summed E-state index contributed by atoms with van der Waals surface area (Å²) in [6.07, 6.45) is 5.02. The minimum Gasteiger partial charge on any atom is -0.344 e. The van der Waals surface area contributed by atoms with E-state index in [1.54, 1.807) is 23.1 Å². The average molecular weight is 374 g/mol. The summed E-state index contributed by atoms with van der Waals surface area (Å²) in [5, 5.41) is 11.7. The molecule has 0 radical (unpaired) electrons. The van der Waals surface area contributed by atoms with Gasteiger partial charge in [-0.3, -0.25) is 9.48 Å². The van der Waals surface area contributed by atoms with E-state index in [1.807, 2.05) is 49.7 Å². The number of aryl methyl sites for hydroxylation is 2. The fourth-order valence-electron chi connectivity index (χ4n) is 3.32. The van der Waals surface area contributed by atoms with Crippen molar-refractivity contribution in [1.29, 1.82) is 0 Å². The Balaban J connectivity index is 1.65. The molecule has 0 spiro atoms. The number of hydrogen-bond acceptors (Lipinski definition) is 4. The van der Waals surface area contributed by atoms with Gasteiger partial charge in [0.25, 0.3) is 5.91 Å². The van der Waals surface area contributed by atoms with Gasteiger partial charge in [0.05, 0.1) is 23.6 Å². The van der Waals surface area contributed by atoms with Gasteiger partial charge >= 0.3 is 0 Å². The zero-order chi connectivity index (χ0) is 19.7. The highest BCUT2D eigenvalue weighted by Crippen LogP contribution is 2.22. The molecule has 1 aromatic carbocycles. The maximum atomic E-state index is 12.9. The predicted octanol–water partition coefficient (Wildman–Crippen LogP) is 3.41. The molecular weight excluding hydrogens is 352 g/mol. The number of carbonyl (C=O) groups excluding carboxylic acids is 1. The number of nitrogens with zero attached hydrogens (tertiary/aromatic N) is 5. The molecule has 0 saturated carbocycles. The van der Waals surface area contributed by atoms with E-state index < -0.39 is 0 Å². The molecule has 4 aromatic rings. The Morgan fingerprint density at radius 1 is 1.11 bits per heavy atom. The Labute approximate surface area is 163 Å². The van der Waals surface area contributed by atoms with Crippen molar-refractivity contribution < 1.29 is 4.79 Å². The molecule has 1 atom stereocenters. The highest BCUT2D eigenvalue weighted by molar-refractivity contribution is 6.00. The summed E-state index contributed by atoms with van der Waals surface area (Å²) in [4.78, 5) is 17.3. The van der Waals surface area contributed by atoms with Gasteiger partial charge in [-0.1, -0.05) is 29.8 Å². The summed E-state index contributed by atoms with van der Waals surface area (Å²) in [5.74, 6) is -0.208. The molecule has 0 bridgehead atoms. The minimum atomic E-state index is -0.208. The zero-order valence-electron chi connectivity index (χ0n) is 16.1. The maximum Gasteiger partial charge on any atom is 0.257 e. The van der Waals surface area contributed by atoms with Gasteiger partial charge in [0.2, 0.25) is 0 Å². The molecule has 0 fully saturated rings. The summed E-state index contributed by atoms with van der Waals surface area (Å²) in [6, 6.07) is 11.8. The Bertz CT molecular complexity index is 1130. The Kier molecular flexibility index (Phi) is 4.65. The molecule has 1 N–H and O–H groups in total. The third kappa shape index (κ3) is 3.15. The lowest BCUT2D eigenvalue weighted by molar-refractivity contribution is 0.0939. The standard InChI is InChI=1S/C21H22N6O/c1-4-26-18(10-12-23-26)15(3)25-21(28)17-13-24-27-19(9-11-22-20(17)27)16-7-5-14(2)6-8-16/h5-13,15H,4H2,1-3H3,(H,25,28). The third-order valence-corrected chi connectivity index (χ3v) is 4.83. The topological polar surface area (TPSA) is 77.1 Å². The smallest absolute Gasteiger partial charge is 0.257 e. The van der Waals surface area contributed by atoms with Crippen LogP contribution in [0.1, 0.15) is 41.5 Å². The van der Waals surface area contributed by atoms with Gasteiger partial charge in [-0.05, 0) is 32.9 Å². The van der Waals surface area contributed by atoms with Crippen molar-refractivity contribution in [2.75, 3.05) is 0 Å². The van der Waals surface area contributed by atoms with E-state index in [9.17, 15) is 4.79 Å². The lowest BCUT2D eigenvalue weighted by Gasteiger charge is -2.14. The van der Waals surface area contributed by atoms with Crippen LogP contribution in [0.3, 0.4) is 0 Å². The van der Waals surface area contributed by atoms with E-state index in [0.29, 0.717) is 11.2 Å². The van der Waals surface area contributed by atoms with Crippen molar-refractivity contribution in [3.8, 4) is 11.3 Å². The van der Waals surface area contributed by atoms with Crippen molar-refractivity contribution in [2.24, 2.45) is 0 Å². The number of fused-ring (bicyclic) bond motifs is 1. The lowest BCUT2D eigenvalue weighted by atomic mass is 10.1. The van der Waals surface area contributed by atoms with Crippen molar-refractivity contribution in [1.82, 2.24) is 29.7 Å². The first-order chi connectivity index (χ1) is 13.6. The number of carbonyl (C=O) groups is 1. The van der Waals surface area contributed by atoms with Crippen LogP contribution in [0, 0.1) is 6.92 Å². The second kappa shape index (κ2) is 7.26. The Hall–Kier alpha value is -3.48. The van der Waals surface area contributed by atoms with Crippen LogP contribution in [0.4, 0.5) is 0 Å². The number of hydrogen-bond donors (Lipinski definition) is 1. The summed E-state index contributed by atoms with van der Waals surface area (Å²) in [6.45, 7) is 6.76. The molecule has 4 rings (SSSR count). The van der Waals surface area contributed by atoms with Crippen LogP contribution in [-0.2, 0) is 6.54 Å². The summed E-state index contributed by atoms with van der Waals surface area (Å²) < 4.78 is 3.58. The van der Waals surface area contributed by atoms with E-state index >= 15 is 0 Å². The molecular formula is C21H22N6O. The van der Waals surface area contributed by atoms with E-state index in [1.165, 1.54) is 5.56 Å². The normalized spacial score (nSPS) is 12.2. The van der Waals surface area contributed by atoms with Crippen molar-refractivity contribution in [3.63, 3.8) is 0 Å². The SMILES string of the molecule is CCn1nccc1C(C)NC(=O)c1cnn2c(-c3ccc(C)cc3)ccnc12. The molecule has 0 aliphatic carbocycles. The Morgan fingerprint density at radius 2 is 1.89 bits per heavy atom. The molecule has 28 heavy (non-hydrogen) atoms. The third-order valence-electron chi connectivity index (χ3n) is 4.83.